The van der Waals surface area contributed by atoms with Crippen molar-refractivity contribution in [2.75, 3.05) is 25.0 Å². The fourth-order valence-electron chi connectivity index (χ4n) is 6.04. The van der Waals surface area contributed by atoms with Crippen LogP contribution >= 0.6 is 11.6 Å². The van der Waals surface area contributed by atoms with Crippen LogP contribution in [0.25, 0.3) is 0 Å². The Morgan fingerprint density at radius 2 is 1.86 bits per heavy atom. The maximum Gasteiger partial charge on any atom is 0.256 e. The molecule has 184 valence electrons. The van der Waals surface area contributed by atoms with Crippen molar-refractivity contribution in [3.05, 3.63) is 93.6 Å². The third kappa shape index (κ3) is 3.94. The molecule has 0 N–H and O–H groups in total. The minimum atomic E-state index is 0.00498. The second-order valence-corrected chi connectivity index (χ2v) is 10.4. The smallest absolute Gasteiger partial charge is 0.256 e. The molecule has 0 spiro atoms. The third-order valence-corrected chi connectivity index (χ3v) is 8.35. The van der Waals surface area contributed by atoms with E-state index in [1.54, 1.807) is 6.07 Å². The lowest BCUT2D eigenvalue weighted by Gasteiger charge is -2.37. The Hall–Kier alpha value is -3.38. The number of pyridine rings is 1. The Morgan fingerprint density at radius 1 is 1.03 bits per heavy atom. The van der Waals surface area contributed by atoms with E-state index in [0.29, 0.717) is 17.1 Å². The van der Waals surface area contributed by atoms with Crippen LogP contribution in [0.4, 0.5) is 5.82 Å². The summed E-state index contributed by atoms with van der Waals surface area (Å²) in [7, 11) is 1.92. The molecule has 6 nitrogen and oxygen atoms in total. The molecular weight excluding hydrogens is 472 g/mol. The summed E-state index contributed by atoms with van der Waals surface area (Å²) in [6.45, 7) is 2.36. The van der Waals surface area contributed by atoms with Gasteiger partial charge in [0, 0.05) is 44.5 Å². The van der Waals surface area contributed by atoms with Gasteiger partial charge in [-0.1, -0.05) is 35.9 Å². The molecule has 1 saturated heterocycles. The van der Waals surface area contributed by atoms with E-state index < -0.39 is 0 Å². The van der Waals surface area contributed by atoms with Gasteiger partial charge in [0.2, 0.25) is 0 Å². The number of hydrogen-bond donors (Lipinski definition) is 0. The number of carbonyl (C=O) groups is 2. The lowest BCUT2D eigenvalue weighted by Crippen LogP contribution is -2.45. The van der Waals surface area contributed by atoms with Crippen LogP contribution in [0.15, 0.2) is 60.8 Å². The van der Waals surface area contributed by atoms with Crippen molar-refractivity contribution in [3.63, 3.8) is 0 Å². The maximum absolute atomic E-state index is 13.4. The molecule has 0 bridgehead atoms. The molecule has 2 aliphatic heterocycles. The zero-order valence-corrected chi connectivity index (χ0v) is 21.1. The first-order chi connectivity index (χ1) is 17.5. The van der Waals surface area contributed by atoms with Gasteiger partial charge < -0.3 is 14.7 Å². The number of halogens is 1. The van der Waals surface area contributed by atoms with E-state index in [4.69, 9.17) is 11.6 Å². The molecular formula is C29H29ClN4O2. The summed E-state index contributed by atoms with van der Waals surface area (Å²) >= 11 is 6.33. The van der Waals surface area contributed by atoms with Gasteiger partial charge in [-0.15, -0.1) is 0 Å². The van der Waals surface area contributed by atoms with Gasteiger partial charge in [-0.3, -0.25) is 9.59 Å². The van der Waals surface area contributed by atoms with Gasteiger partial charge >= 0.3 is 0 Å². The monoisotopic (exact) mass is 500 g/mol. The minimum absolute atomic E-state index is 0.00498. The van der Waals surface area contributed by atoms with E-state index in [1.165, 1.54) is 5.56 Å². The largest absolute Gasteiger partial charge is 0.356 e. The van der Waals surface area contributed by atoms with Crippen LogP contribution < -0.4 is 4.90 Å². The van der Waals surface area contributed by atoms with Crippen LogP contribution in [-0.2, 0) is 13.0 Å². The lowest BCUT2D eigenvalue weighted by molar-refractivity contribution is 0.0695. The highest BCUT2D eigenvalue weighted by Crippen LogP contribution is 2.41. The molecule has 0 saturated carbocycles. The van der Waals surface area contributed by atoms with E-state index in [9.17, 15) is 9.59 Å². The van der Waals surface area contributed by atoms with Crippen molar-refractivity contribution < 1.29 is 9.59 Å². The molecule has 1 aliphatic carbocycles. The normalized spacial score (nSPS) is 19.4. The highest BCUT2D eigenvalue weighted by atomic mass is 35.5. The SMILES string of the molecule is CN(C(=O)c1ccc2c(c1)CC[C@H]2N1Cc2cccc(Cl)c2C1=O)C1CCN(c2ccccn2)CC1. The molecule has 6 rings (SSSR count). The Morgan fingerprint density at radius 3 is 2.61 bits per heavy atom. The molecule has 2 aromatic carbocycles. The number of hydrogen-bond acceptors (Lipinski definition) is 4. The number of aromatic nitrogens is 1. The number of amides is 2. The molecule has 3 heterocycles. The molecule has 0 unspecified atom stereocenters. The summed E-state index contributed by atoms with van der Waals surface area (Å²) < 4.78 is 0. The molecule has 1 fully saturated rings. The summed E-state index contributed by atoms with van der Waals surface area (Å²) in [6, 6.07) is 17.9. The number of carbonyl (C=O) groups excluding carboxylic acids is 2. The summed E-state index contributed by atoms with van der Waals surface area (Å²) in [6.07, 6.45) is 5.40. The molecule has 7 heteroatoms. The first-order valence-electron chi connectivity index (χ1n) is 12.7. The number of aryl methyl sites for hydroxylation is 1. The van der Waals surface area contributed by atoms with Crippen LogP contribution in [0.1, 0.15) is 62.7 Å². The zero-order valence-electron chi connectivity index (χ0n) is 20.4. The highest BCUT2D eigenvalue weighted by Gasteiger charge is 2.38. The Kier molecular flexibility index (Phi) is 5.92. The fourth-order valence-corrected chi connectivity index (χ4v) is 6.31. The van der Waals surface area contributed by atoms with Crippen LogP contribution in [0.3, 0.4) is 0 Å². The lowest BCUT2D eigenvalue weighted by atomic mass is 10.0. The zero-order chi connectivity index (χ0) is 24.8. The van der Waals surface area contributed by atoms with E-state index in [2.05, 4.69) is 16.0 Å². The molecule has 1 aromatic heterocycles. The van der Waals surface area contributed by atoms with Crippen LogP contribution in [0, 0.1) is 0 Å². The molecule has 1 atom stereocenters. The number of anilines is 1. The Labute approximate surface area is 216 Å². The number of fused-ring (bicyclic) bond motifs is 2. The van der Waals surface area contributed by atoms with E-state index in [1.807, 2.05) is 65.5 Å². The number of benzene rings is 2. The average Bonchev–Trinajstić information content (AvgIpc) is 3.49. The number of rotatable bonds is 4. The van der Waals surface area contributed by atoms with E-state index >= 15 is 0 Å². The predicted molar refractivity (Wildman–Crippen MR) is 140 cm³/mol. The van der Waals surface area contributed by atoms with Gasteiger partial charge in [-0.05, 0) is 72.7 Å². The van der Waals surface area contributed by atoms with Gasteiger partial charge in [0.15, 0.2) is 0 Å². The predicted octanol–water partition coefficient (Wildman–Crippen LogP) is 5.12. The van der Waals surface area contributed by atoms with Gasteiger partial charge in [-0.2, -0.15) is 0 Å². The quantitative estimate of drug-likeness (QED) is 0.499. The second kappa shape index (κ2) is 9.25. The first kappa shape index (κ1) is 23.0. The summed E-state index contributed by atoms with van der Waals surface area (Å²) in [4.78, 5) is 37.1. The van der Waals surface area contributed by atoms with Gasteiger partial charge in [0.05, 0.1) is 16.6 Å². The molecule has 2 amide bonds. The van der Waals surface area contributed by atoms with E-state index in [0.717, 1.165) is 61.3 Å². The first-order valence-corrected chi connectivity index (χ1v) is 13.0. The second-order valence-electron chi connectivity index (χ2n) is 10.00. The van der Waals surface area contributed by atoms with Crippen molar-refractivity contribution in [1.82, 2.24) is 14.8 Å². The van der Waals surface area contributed by atoms with Crippen LogP contribution in [-0.4, -0.2) is 52.8 Å². The summed E-state index contributed by atoms with van der Waals surface area (Å²) in [5, 5.41) is 0.521. The summed E-state index contributed by atoms with van der Waals surface area (Å²) in [5.41, 5.74) is 4.66. The van der Waals surface area contributed by atoms with Crippen molar-refractivity contribution in [1.29, 1.82) is 0 Å². The van der Waals surface area contributed by atoms with Crippen LogP contribution in [0.5, 0.6) is 0 Å². The third-order valence-electron chi connectivity index (χ3n) is 8.03. The highest BCUT2D eigenvalue weighted by molar-refractivity contribution is 6.34. The minimum Gasteiger partial charge on any atom is -0.356 e. The van der Waals surface area contributed by atoms with Crippen molar-refractivity contribution in [2.45, 2.75) is 44.3 Å². The van der Waals surface area contributed by atoms with E-state index in [-0.39, 0.29) is 23.9 Å². The fraction of sp³-hybridized carbons (Fsp3) is 0.345. The summed E-state index contributed by atoms with van der Waals surface area (Å²) in [5.74, 6) is 1.07. The molecule has 3 aliphatic rings. The van der Waals surface area contributed by atoms with Gasteiger partial charge in [0.25, 0.3) is 11.8 Å². The Balaban J connectivity index is 1.14. The molecule has 0 radical (unpaired) electrons. The van der Waals surface area contributed by atoms with Gasteiger partial charge in [0.1, 0.15) is 5.82 Å². The maximum atomic E-state index is 13.4. The standard InChI is InChI=1S/C29H29ClN4O2/c1-32(22-12-15-33(16-13-22)26-7-2-3-14-31-26)28(35)20-8-10-23-19(17-20)9-11-25(23)34-18-21-5-4-6-24(30)27(21)29(34)36/h2-8,10,14,17,22,25H,9,11-13,15-16,18H2,1H3/t25-/m1/s1. The van der Waals surface area contributed by atoms with Crippen molar-refractivity contribution >= 4 is 29.2 Å². The topological polar surface area (TPSA) is 56.8 Å². The Bertz CT molecular complexity index is 1320. The van der Waals surface area contributed by atoms with Crippen molar-refractivity contribution in [3.8, 4) is 0 Å². The van der Waals surface area contributed by atoms with Gasteiger partial charge in [-0.25, -0.2) is 4.98 Å². The van der Waals surface area contributed by atoms with Crippen LogP contribution in [0.2, 0.25) is 5.02 Å². The number of piperidine rings is 1. The number of nitrogens with zero attached hydrogens (tertiary/aromatic N) is 4. The molecule has 3 aromatic rings. The van der Waals surface area contributed by atoms with Crippen molar-refractivity contribution in [2.24, 2.45) is 0 Å². The molecule has 36 heavy (non-hydrogen) atoms. The average molecular weight is 501 g/mol.